The average Bonchev–Trinajstić information content (AvgIpc) is 3.29. The van der Waals surface area contributed by atoms with Gasteiger partial charge in [-0.05, 0) is 38.6 Å². The number of hydrogen-bond acceptors (Lipinski definition) is 9. The molecule has 0 aromatic carbocycles. The Morgan fingerprint density at radius 1 is 1.19 bits per heavy atom. The number of aliphatic hydroxyl groups is 1. The van der Waals surface area contributed by atoms with Gasteiger partial charge in [0.05, 0.1) is 18.9 Å². The van der Waals surface area contributed by atoms with Gasteiger partial charge in [-0.1, -0.05) is 22.4 Å². The Labute approximate surface area is 222 Å². The standard InChI is InChI=1S/C24H45BrFN7O3/c1-36-24-16(9-17(25)12-30-24)11-29-23(35)15-3-2-4-18(10-15)28-14-21-31-32-22(33(21)7-8-34)19-5-6-27-13-20(19)26/h15-22,24,27-28,30-32,34H,2-14H2,1H3,(H,29,35). The Morgan fingerprint density at radius 2 is 2.06 bits per heavy atom. The summed E-state index contributed by atoms with van der Waals surface area (Å²) < 4.78 is 20.2. The van der Waals surface area contributed by atoms with Crippen molar-refractivity contribution in [3.63, 3.8) is 0 Å². The molecule has 4 fully saturated rings. The van der Waals surface area contributed by atoms with Gasteiger partial charge in [-0.3, -0.25) is 15.0 Å². The van der Waals surface area contributed by atoms with Crippen molar-refractivity contribution in [3.05, 3.63) is 0 Å². The lowest BCUT2D eigenvalue weighted by Crippen LogP contribution is -2.54. The van der Waals surface area contributed by atoms with Crippen LogP contribution in [0.2, 0.25) is 0 Å². The third-order valence-electron chi connectivity index (χ3n) is 8.34. The fraction of sp³-hybridized carbons (Fsp3) is 0.958. The molecule has 4 aliphatic rings. The van der Waals surface area contributed by atoms with Crippen LogP contribution in [0.5, 0.6) is 0 Å². The molecule has 9 atom stereocenters. The molecule has 1 saturated carbocycles. The Bertz CT molecular complexity index is 698. The summed E-state index contributed by atoms with van der Waals surface area (Å²) in [6, 6.07) is 0.258. The van der Waals surface area contributed by atoms with Gasteiger partial charge < -0.3 is 25.8 Å². The fourth-order valence-corrected chi connectivity index (χ4v) is 7.02. The Morgan fingerprint density at radius 3 is 2.83 bits per heavy atom. The number of β-amino-alcohol motifs (C(OH)–C–C–N with tert-alkyl or cyclic N) is 1. The van der Waals surface area contributed by atoms with Crippen LogP contribution in [-0.2, 0) is 9.53 Å². The summed E-state index contributed by atoms with van der Waals surface area (Å²) in [7, 11) is 1.71. The zero-order valence-corrected chi connectivity index (χ0v) is 22.9. The minimum atomic E-state index is -0.910. The first-order valence-electron chi connectivity index (χ1n) is 13.6. The van der Waals surface area contributed by atoms with Crippen molar-refractivity contribution >= 4 is 21.8 Å². The number of nitrogens with one attached hydrogen (secondary N) is 6. The molecule has 0 aromatic heterocycles. The number of methoxy groups -OCH3 is 1. The molecule has 10 nitrogen and oxygen atoms in total. The Kier molecular flexibility index (Phi) is 11.2. The minimum absolute atomic E-state index is 0.00607. The zero-order valence-electron chi connectivity index (χ0n) is 21.4. The summed E-state index contributed by atoms with van der Waals surface area (Å²) in [5.74, 6) is 0.266. The van der Waals surface area contributed by atoms with Crippen LogP contribution < -0.4 is 32.1 Å². The predicted molar refractivity (Wildman–Crippen MR) is 140 cm³/mol. The highest BCUT2D eigenvalue weighted by Gasteiger charge is 2.42. The van der Waals surface area contributed by atoms with Crippen LogP contribution in [0, 0.1) is 17.8 Å². The number of carbonyl (C=O) groups is 1. The molecule has 12 heteroatoms. The summed E-state index contributed by atoms with van der Waals surface area (Å²) in [5, 5.41) is 23.0. The second-order valence-electron chi connectivity index (χ2n) is 10.8. The van der Waals surface area contributed by atoms with Crippen LogP contribution in [0.15, 0.2) is 0 Å². The van der Waals surface area contributed by atoms with Gasteiger partial charge in [-0.2, -0.15) is 0 Å². The highest BCUT2D eigenvalue weighted by Crippen LogP contribution is 2.27. The van der Waals surface area contributed by atoms with E-state index in [-0.39, 0.29) is 54.9 Å². The lowest BCUT2D eigenvalue weighted by atomic mass is 9.85. The van der Waals surface area contributed by atoms with Crippen LogP contribution in [0.25, 0.3) is 0 Å². The van der Waals surface area contributed by atoms with Gasteiger partial charge >= 0.3 is 0 Å². The van der Waals surface area contributed by atoms with Gasteiger partial charge in [0.25, 0.3) is 0 Å². The number of carbonyl (C=O) groups excluding carboxylic acids is 1. The normalized spacial score (nSPS) is 40.3. The summed E-state index contributed by atoms with van der Waals surface area (Å²) in [6.45, 7) is 3.85. The maximum Gasteiger partial charge on any atom is 0.223 e. The summed E-state index contributed by atoms with van der Waals surface area (Å²) in [6.07, 6.45) is 4.39. The molecule has 9 unspecified atom stereocenters. The summed E-state index contributed by atoms with van der Waals surface area (Å²) in [5.41, 5.74) is 6.61. The van der Waals surface area contributed by atoms with Crippen molar-refractivity contribution in [2.75, 3.05) is 53.0 Å². The molecule has 36 heavy (non-hydrogen) atoms. The molecule has 3 aliphatic heterocycles. The number of alkyl halides is 2. The van der Waals surface area contributed by atoms with Gasteiger partial charge in [0.2, 0.25) is 5.91 Å². The first-order chi connectivity index (χ1) is 17.5. The van der Waals surface area contributed by atoms with Gasteiger partial charge in [0.15, 0.2) is 0 Å². The van der Waals surface area contributed by atoms with Crippen molar-refractivity contribution < 1.29 is 19.0 Å². The monoisotopic (exact) mass is 577 g/mol. The molecule has 0 spiro atoms. The summed E-state index contributed by atoms with van der Waals surface area (Å²) in [4.78, 5) is 15.5. The maximum absolute atomic E-state index is 14.6. The van der Waals surface area contributed by atoms with Gasteiger partial charge in [-0.15, -0.1) is 0 Å². The Balaban J connectivity index is 1.24. The number of halogens is 2. The van der Waals surface area contributed by atoms with E-state index in [2.05, 4.69) is 52.9 Å². The lowest BCUT2D eigenvalue weighted by Gasteiger charge is -2.37. The smallest absolute Gasteiger partial charge is 0.223 e. The van der Waals surface area contributed by atoms with E-state index < -0.39 is 6.17 Å². The van der Waals surface area contributed by atoms with E-state index in [9.17, 15) is 14.3 Å². The number of nitrogens with zero attached hydrogens (tertiary/aromatic N) is 1. The molecule has 7 N–H and O–H groups in total. The largest absolute Gasteiger partial charge is 0.395 e. The van der Waals surface area contributed by atoms with E-state index in [0.717, 1.165) is 51.6 Å². The number of amides is 1. The SMILES string of the molecule is COC1NCC(Br)CC1CNC(=O)C1CCCC(NCC2NNC(C3CCNCC3F)N2CCO)C1. The number of hydrogen-bond donors (Lipinski definition) is 7. The van der Waals surface area contributed by atoms with Crippen LogP contribution in [0.1, 0.15) is 38.5 Å². The van der Waals surface area contributed by atoms with Gasteiger partial charge in [0.1, 0.15) is 12.4 Å². The molecule has 0 radical (unpaired) electrons. The van der Waals surface area contributed by atoms with Gasteiger partial charge in [0, 0.05) is 68.5 Å². The zero-order chi connectivity index (χ0) is 25.5. The second-order valence-corrected chi connectivity index (χ2v) is 12.0. The molecule has 0 aromatic rings. The average molecular weight is 579 g/mol. The Hall–Kier alpha value is -0.440. The first kappa shape index (κ1) is 28.6. The van der Waals surface area contributed by atoms with Crippen LogP contribution >= 0.6 is 15.9 Å². The van der Waals surface area contributed by atoms with E-state index >= 15 is 0 Å². The van der Waals surface area contributed by atoms with E-state index in [1.165, 1.54) is 0 Å². The maximum atomic E-state index is 14.6. The molecule has 208 valence electrons. The molecular formula is C24H45BrFN7O3. The topological polar surface area (TPSA) is 122 Å². The van der Waals surface area contributed by atoms with E-state index in [0.29, 0.717) is 31.0 Å². The highest BCUT2D eigenvalue weighted by atomic mass is 79.9. The fourth-order valence-electron chi connectivity index (χ4n) is 6.35. The van der Waals surface area contributed by atoms with Crippen molar-refractivity contribution in [2.45, 2.75) is 74.1 Å². The van der Waals surface area contributed by atoms with Crippen molar-refractivity contribution in [2.24, 2.45) is 17.8 Å². The second kappa shape index (κ2) is 14.1. The first-order valence-corrected chi connectivity index (χ1v) is 14.6. The third-order valence-corrected chi connectivity index (χ3v) is 9.04. The van der Waals surface area contributed by atoms with Crippen molar-refractivity contribution in [3.8, 4) is 0 Å². The molecule has 1 amide bonds. The van der Waals surface area contributed by atoms with Gasteiger partial charge in [-0.25, -0.2) is 15.2 Å². The number of aliphatic hydroxyl groups excluding tert-OH is 1. The minimum Gasteiger partial charge on any atom is -0.395 e. The van der Waals surface area contributed by atoms with Crippen molar-refractivity contribution in [1.29, 1.82) is 0 Å². The number of piperidine rings is 2. The number of ether oxygens (including phenoxy) is 1. The quantitative estimate of drug-likeness (QED) is 0.174. The highest BCUT2D eigenvalue weighted by molar-refractivity contribution is 9.09. The van der Waals surface area contributed by atoms with E-state index in [1.54, 1.807) is 7.11 Å². The van der Waals surface area contributed by atoms with E-state index in [4.69, 9.17) is 4.74 Å². The molecule has 3 saturated heterocycles. The van der Waals surface area contributed by atoms with Crippen LogP contribution in [0.4, 0.5) is 4.39 Å². The molecule has 3 heterocycles. The third kappa shape index (κ3) is 7.35. The lowest BCUT2D eigenvalue weighted by molar-refractivity contribution is -0.126. The van der Waals surface area contributed by atoms with Crippen LogP contribution in [-0.4, -0.2) is 104 Å². The van der Waals surface area contributed by atoms with E-state index in [1.807, 2.05) is 0 Å². The van der Waals surface area contributed by atoms with Crippen molar-refractivity contribution in [1.82, 2.24) is 37.0 Å². The molecule has 1 aliphatic carbocycles. The number of hydrazine groups is 1. The molecule has 4 rings (SSSR count). The van der Waals surface area contributed by atoms with Crippen LogP contribution in [0.3, 0.4) is 0 Å². The molecule has 0 bridgehead atoms. The number of rotatable bonds is 10. The molecular weight excluding hydrogens is 533 g/mol. The summed E-state index contributed by atoms with van der Waals surface area (Å²) >= 11 is 3.68. The predicted octanol–water partition coefficient (Wildman–Crippen LogP) is -0.402.